The van der Waals surface area contributed by atoms with Gasteiger partial charge >= 0.3 is 0 Å². The lowest BCUT2D eigenvalue weighted by atomic mass is 10.0. The fourth-order valence-corrected chi connectivity index (χ4v) is 3.24. The first kappa shape index (κ1) is 17.8. The number of aliphatic imine (C=N–C) groups is 1. The van der Waals surface area contributed by atoms with E-state index in [1.165, 1.54) is 22.5 Å². The molecule has 2 aromatic carbocycles. The molecule has 1 heterocycles. The zero-order chi connectivity index (χ0) is 15.4. The average molecular weight is 349 g/mol. The number of halogens is 2. The van der Waals surface area contributed by atoms with E-state index in [1.807, 2.05) is 19.2 Å². The van der Waals surface area contributed by atoms with E-state index in [0.29, 0.717) is 0 Å². The van der Waals surface area contributed by atoms with Gasteiger partial charge in [0.15, 0.2) is 0 Å². The number of anilines is 2. The number of hydrogen-bond acceptors (Lipinski definition) is 2. The van der Waals surface area contributed by atoms with Crippen LogP contribution in [0.1, 0.15) is 24.5 Å². The summed E-state index contributed by atoms with van der Waals surface area (Å²) < 4.78 is 0. The van der Waals surface area contributed by atoms with Crippen LogP contribution in [0.4, 0.5) is 11.4 Å². The lowest BCUT2D eigenvalue weighted by molar-refractivity contribution is 0.819. The van der Waals surface area contributed by atoms with Gasteiger partial charge in [-0.15, -0.1) is 12.4 Å². The molecule has 0 aromatic heterocycles. The first-order valence-corrected chi connectivity index (χ1v) is 8.25. The van der Waals surface area contributed by atoms with Crippen LogP contribution >= 0.6 is 24.0 Å². The number of benzene rings is 2. The molecule has 122 valence electrons. The molecule has 0 unspecified atom stereocenters. The molecular weight excluding hydrogens is 327 g/mol. The molecule has 0 aliphatic carbocycles. The van der Waals surface area contributed by atoms with Gasteiger partial charge in [0, 0.05) is 29.5 Å². The van der Waals surface area contributed by atoms with Crippen molar-refractivity contribution in [2.75, 3.05) is 18.0 Å². The van der Waals surface area contributed by atoms with E-state index >= 15 is 0 Å². The molecule has 0 saturated heterocycles. The minimum atomic E-state index is 0. The molecule has 1 aliphatic heterocycles. The third-order valence-electron chi connectivity index (χ3n) is 4.14. The van der Waals surface area contributed by atoms with Crippen molar-refractivity contribution < 1.29 is 0 Å². The van der Waals surface area contributed by atoms with Gasteiger partial charge in [-0.25, -0.2) is 0 Å². The van der Waals surface area contributed by atoms with E-state index in [1.54, 1.807) is 0 Å². The molecule has 0 spiro atoms. The predicted molar refractivity (Wildman–Crippen MR) is 103 cm³/mol. The summed E-state index contributed by atoms with van der Waals surface area (Å²) >= 11 is 6.26. The van der Waals surface area contributed by atoms with Gasteiger partial charge in [-0.3, -0.25) is 4.99 Å². The van der Waals surface area contributed by atoms with Gasteiger partial charge in [-0.1, -0.05) is 35.9 Å². The highest BCUT2D eigenvalue weighted by atomic mass is 35.5. The summed E-state index contributed by atoms with van der Waals surface area (Å²) in [4.78, 5) is 6.74. The Balaban J connectivity index is 0.00000192. The Labute approximate surface area is 149 Å². The minimum Gasteiger partial charge on any atom is -0.341 e. The Hall–Kier alpha value is -1.51. The molecule has 0 atom stereocenters. The topological polar surface area (TPSA) is 15.6 Å². The van der Waals surface area contributed by atoms with Crippen molar-refractivity contribution in [3.63, 3.8) is 0 Å². The smallest absolute Gasteiger partial charge is 0.0458 e. The van der Waals surface area contributed by atoms with Gasteiger partial charge in [0.05, 0.1) is 0 Å². The molecule has 0 amide bonds. The lowest BCUT2D eigenvalue weighted by Gasteiger charge is -2.27. The molecule has 3 rings (SSSR count). The van der Waals surface area contributed by atoms with Crippen LogP contribution in [0.5, 0.6) is 0 Å². The second-order valence-electron chi connectivity index (χ2n) is 5.57. The van der Waals surface area contributed by atoms with Gasteiger partial charge in [-0.05, 0) is 61.7 Å². The highest BCUT2D eigenvalue weighted by Crippen LogP contribution is 2.37. The van der Waals surface area contributed by atoms with Gasteiger partial charge in [-0.2, -0.15) is 0 Å². The number of hydrogen-bond donors (Lipinski definition) is 0. The van der Waals surface area contributed by atoms with Gasteiger partial charge in [0.1, 0.15) is 0 Å². The molecule has 0 bridgehead atoms. The zero-order valence-electron chi connectivity index (χ0n) is 13.3. The number of para-hydroxylation sites is 1. The van der Waals surface area contributed by atoms with E-state index in [0.717, 1.165) is 37.4 Å². The summed E-state index contributed by atoms with van der Waals surface area (Å²) in [6, 6.07) is 15.0. The summed E-state index contributed by atoms with van der Waals surface area (Å²) in [5, 5.41) is 0.801. The first-order valence-electron chi connectivity index (χ1n) is 7.88. The summed E-state index contributed by atoms with van der Waals surface area (Å²) in [6.07, 6.45) is 5.05. The Morgan fingerprint density at radius 2 is 1.83 bits per heavy atom. The van der Waals surface area contributed by atoms with Crippen LogP contribution in [0, 0.1) is 0 Å². The third kappa shape index (κ3) is 4.07. The molecule has 0 N–H and O–H groups in total. The molecule has 0 saturated carbocycles. The molecule has 0 radical (unpaired) electrons. The molecule has 2 aromatic rings. The number of aryl methyl sites for hydroxylation is 2. The van der Waals surface area contributed by atoms with Crippen LogP contribution in [0.15, 0.2) is 47.5 Å². The van der Waals surface area contributed by atoms with Crippen LogP contribution in [0.25, 0.3) is 0 Å². The second kappa shape index (κ2) is 8.37. The standard InChI is InChI=1S/C19H21ClN2.ClH/c1-2-21-12-5-13-22-18-7-4-3-6-15(18)8-9-16-10-11-17(20)14-19(16)22;/h2-4,6-7,10-11,14H,5,8-9,12-13H2,1H3;1H. The van der Waals surface area contributed by atoms with E-state index in [4.69, 9.17) is 11.6 Å². The Morgan fingerprint density at radius 3 is 2.61 bits per heavy atom. The molecule has 23 heavy (non-hydrogen) atoms. The van der Waals surface area contributed by atoms with Crippen LogP contribution in [0.3, 0.4) is 0 Å². The monoisotopic (exact) mass is 348 g/mol. The maximum atomic E-state index is 6.26. The molecular formula is C19H22Cl2N2. The SMILES string of the molecule is CC=NCCCN1c2ccccc2CCc2ccc(Cl)cc21.Cl. The molecule has 2 nitrogen and oxygen atoms in total. The highest BCUT2D eigenvalue weighted by Gasteiger charge is 2.20. The van der Waals surface area contributed by atoms with Crippen molar-refractivity contribution in [1.29, 1.82) is 0 Å². The fraction of sp³-hybridized carbons (Fsp3) is 0.316. The number of nitrogens with zero attached hydrogens (tertiary/aromatic N) is 2. The largest absolute Gasteiger partial charge is 0.341 e. The second-order valence-corrected chi connectivity index (χ2v) is 6.01. The highest BCUT2D eigenvalue weighted by molar-refractivity contribution is 6.30. The summed E-state index contributed by atoms with van der Waals surface area (Å²) in [5.74, 6) is 0. The molecule has 0 fully saturated rings. The van der Waals surface area contributed by atoms with Crippen LogP contribution in [-0.4, -0.2) is 19.3 Å². The van der Waals surface area contributed by atoms with Gasteiger partial charge < -0.3 is 4.90 Å². The molecule has 1 aliphatic rings. The van der Waals surface area contributed by atoms with E-state index < -0.39 is 0 Å². The predicted octanol–water partition coefficient (Wildman–Crippen LogP) is 5.48. The average Bonchev–Trinajstić information content (AvgIpc) is 2.69. The van der Waals surface area contributed by atoms with E-state index in [2.05, 4.69) is 46.3 Å². The summed E-state index contributed by atoms with van der Waals surface area (Å²) in [6.45, 7) is 3.79. The van der Waals surface area contributed by atoms with Crippen molar-refractivity contribution >= 4 is 41.6 Å². The maximum Gasteiger partial charge on any atom is 0.0458 e. The van der Waals surface area contributed by atoms with Crippen molar-refractivity contribution in [3.05, 3.63) is 58.6 Å². The van der Waals surface area contributed by atoms with Gasteiger partial charge in [0.2, 0.25) is 0 Å². The normalized spacial score (nSPS) is 13.2. The zero-order valence-corrected chi connectivity index (χ0v) is 14.9. The third-order valence-corrected chi connectivity index (χ3v) is 4.37. The Kier molecular flexibility index (Phi) is 6.49. The maximum absolute atomic E-state index is 6.26. The fourth-order valence-electron chi connectivity index (χ4n) is 3.07. The first-order chi connectivity index (χ1) is 10.8. The van der Waals surface area contributed by atoms with Crippen molar-refractivity contribution in [2.24, 2.45) is 4.99 Å². The summed E-state index contributed by atoms with van der Waals surface area (Å²) in [5.41, 5.74) is 5.34. The van der Waals surface area contributed by atoms with Gasteiger partial charge in [0.25, 0.3) is 0 Å². The molecule has 4 heteroatoms. The van der Waals surface area contributed by atoms with Crippen LogP contribution in [0.2, 0.25) is 5.02 Å². The quantitative estimate of drug-likeness (QED) is 0.527. The van der Waals surface area contributed by atoms with Crippen LogP contribution in [-0.2, 0) is 12.8 Å². The summed E-state index contributed by atoms with van der Waals surface area (Å²) in [7, 11) is 0. The van der Waals surface area contributed by atoms with E-state index in [-0.39, 0.29) is 12.4 Å². The van der Waals surface area contributed by atoms with E-state index in [9.17, 15) is 0 Å². The van der Waals surface area contributed by atoms with Crippen molar-refractivity contribution in [3.8, 4) is 0 Å². The number of rotatable bonds is 4. The Bertz CT molecular complexity index is 683. The minimum absolute atomic E-state index is 0. The number of fused-ring (bicyclic) bond motifs is 2. The van der Waals surface area contributed by atoms with Crippen LogP contribution < -0.4 is 4.90 Å². The Morgan fingerprint density at radius 1 is 1.09 bits per heavy atom. The lowest BCUT2D eigenvalue weighted by Crippen LogP contribution is -2.20. The van der Waals surface area contributed by atoms with Crippen molar-refractivity contribution in [2.45, 2.75) is 26.2 Å². The van der Waals surface area contributed by atoms with Crippen molar-refractivity contribution in [1.82, 2.24) is 0 Å².